The number of rotatable bonds is 4. The third-order valence-electron chi connectivity index (χ3n) is 3.89. The first-order valence-corrected chi connectivity index (χ1v) is 7.57. The number of carboxylic acid groups (broad SMARTS) is 1. The molecule has 3 aromatic rings. The van der Waals surface area contributed by atoms with Crippen molar-refractivity contribution in [2.75, 3.05) is 0 Å². The molecule has 0 spiro atoms. The molecular formula is C16H11F3N4O5. The number of aliphatic carboxylic acids is 1. The molecule has 0 aliphatic carbocycles. The maximum atomic E-state index is 13.6. The van der Waals surface area contributed by atoms with E-state index < -0.39 is 41.1 Å². The van der Waals surface area contributed by atoms with Gasteiger partial charge in [0.15, 0.2) is 0 Å². The molecule has 2 aromatic heterocycles. The number of oxime groups is 1. The van der Waals surface area contributed by atoms with E-state index in [0.717, 1.165) is 16.8 Å². The fourth-order valence-corrected chi connectivity index (χ4v) is 2.75. The van der Waals surface area contributed by atoms with Gasteiger partial charge in [-0.3, -0.25) is 19.0 Å². The summed E-state index contributed by atoms with van der Waals surface area (Å²) < 4.78 is 42.4. The normalized spacial score (nSPS) is 12.1. The van der Waals surface area contributed by atoms with E-state index in [2.05, 4.69) is 5.16 Å². The smallest absolute Gasteiger partial charge is 0.418 e. The highest BCUT2D eigenvalue weighted by Crippen LogP contribution is 2.36. The molecule has 0 atom stereocenters. The fourth-order valence-electron chi connectivity index (χ4n) is 2.75. The Kier molecular flexibility index (Phi) is 4.55. The largest absolute Gasteiger partial charge is 0.480 e. The highest BCUT2D eigenvalue weighted by molar-refractivity contribution is 5.82. The van der Waals surface area contributed by atoms with Crippen LogP contribution in [0.2, 0.25) is 0 Å². The second kappa shape index (κ2) is 6.72. The van der Waals surface area contributed by atoms with Crippen LogP contribution in [0.3, 0.4) is 0 Å². The number of alkyl halides is 3. The van der Waals surface area contributed by atoms with Crippen LogP contribution >= 0.6 is 0 Å². The lowest BCUT2D eigenvalue weighted by molar-refractivity contribution is -0.138. The van der Waals surface area contributed by atoms with Crippen LogP contribution in [0.4, 0.5) is 13.2 Å². The molecule has 0 saturated heterocycles. The third kappa shape index (κ3) is 3.39. The van der Waals surface area contributed by atoms with E-state index in [1.165, 1.54) is 18.5 Å². The summed E-state index contributed by atoms with van der Waals surface area (Å²) in [4.78, 5) is 36.8. The molecule has 0 saturated carbocycles. The lowest BCUT2D eigenvalue weighted by Crippen LogP contribution is -2.38. The number of aromatic nitrogens is 3. The first kappa shape index (κ1) is 18.9. The monoisotopic (exact) mass is 396 g/mol. The number of fused-ring (bicyclic) bond motifs is 1. The van der Waals surface area contributed by atoms with Crippen LogP contribution in [0.25, 0.3) is 16.7 Å². The molecule has 3 rings (SSSR count). The zero-order valence-corrected chi connectivity index (χ0v) is 13.8. The van der Waals surface area contributed by atoms with Crippen molar-refractivity contribution >= 4 is 23.2 Å². The quantitative estimate of drug-likeness (QED) is 0.266. The van der Waals surface area contributed by atoms with Crippen LogP contribution in [0, 0.1) is 0 Å². The zero-order chi connectivity index (χ0) is 20.6. The van der Waals surface area contributed by atoms with Crippen molar-refractivity contribution < 1.29 is 28.3 Å². The molecule has 28 heavy (non-hydrogen) atoms. The van der Waals surface area contributed by atoms with Crippen LogP contribution in [-0.2, 0) is 17.5 Å². The van der Waals surface area contributed by atoms with Crippen molar-refractivity contribution in [3.63, 3.8) is 0 Å². The number of carboxylic acids is 1. The summed E-state index contributed by atoms with van der Waals surface area (Å²) in [6, 6.07) is 2.96. The van der Waals surface area contributed by atoms with Crippen molar-refractivity contribution in [2.24, 2.45) is 5.16 Å². The van der Waals surface area contributed by atoms with Gasteiger partial charge in [-0.05, 0) is 18.2 Å². The Labute approximate surface area is 152 Å². The van der Waals surface area contributed by atoms with Crippen molar-refractivity contribution in [1.29, 1.82) is 0 Å². The van der Waals surface area contributed by atoms with Crippen LogP contribution in [0.15, 0.2) is 45.3 Å². The standard InChI is InChI=1S/C16H11F3N4O5/c17-16(18,19)9-3-10-12(23(7-13(24)25)15(27)14(26)21-10)4-11(9)22-2-1-8(6-22)5-20-28/h1-6,28H,7H2,(H,21,26)(H,24,25). The molecule has 0 bridgehead atoms. The van der Waals surface area contributed by atoms with Crippen LogP contribution in [0.1, 0.15) is 11.1 Å². The summed E-state index contributed by atoms with van der Waals surface area (Å²) >= 11 is 0. The average molecular weight is 396 g/mol. The summed E-state index contributed by atoms with van der Waals surface area (Å²) in [6.07, 6.45) is -1.31. The predicted molar refractivity (Wildman–Crippen MR) is 90.2 cm³/mol. The predicted octanol–water partition coefficient (Wildman–Crippen LogP) is 1.39. The number of nitrogens with zero attached hydrogens (tertiary/aromatic N) is 3. The molecule has 0 unspecified atom stereocenters. The van der Waals surface area contributed by atoms with E-state index in [-0.39, 0.29) is 11.0 Å². The fraction of sp³-hybridized carbons (Fsp3) is 0.125. The molecule has 0 aliphatic heterocycles. The lowest BCUT2D eigenvalue weighted by Gasteiger charge is -2.16. The van der Waals surface area contributed by atoms with Gasteiger partial charge in [-0.15, -0.1) is 0 Å². The summed E-state index contributed by atoms with van der Waals surface area (Å²) in [5, 5.41) is 20.3. The number of nitrogens with one attached hydrogen (secondary N) is 1. The van der Waals surface area contributed by atoms with Gasteiger partial charge in [-0.1, -0.05) is 5.16 Å². The van der Waals surface area contributed by atoms with Crippen molar-refractivity contribution in [2.45, 2.75) is 12.7 Å². The minimum absolute atomic E-state index is 0.193. The number of aromatic amines is 1. The van der Waals surface area contributed by atoms with E-state index in [1.54, 1.807) is 0 Å². The van der Waals surface area contributed by atoms with Gasteiger partial charge in [0.05, 0.1) is 28.5 Å². The van der Waals surface area contributed by atoms with E-state index in [9.17, 15) is 27.6 Å². The lowest BCUT2D eigenvalue weighted by atomic mass is 10.1. The Morgan fingerprint density at radius 1 is 1.29 bits per heavy atom. The van der Waals surface area contributed by atoms with E-state index in [4.69, 9.17) is 10.3 Å². The van der Waals surface area contributed by atoms with E-state index >= 15 is 0 Å². The number of hydrogen-bond donors (Lipinski definition) is 3. The third-order valence-corrected chi connectivity index (χ3v) is 3.89. The highest BCUT2D eigenvalue weighted by atomic mass is 19.4. The number of hydrogen-bond acceptors (Lipinski definition) is 5. The van der Waals surface area contributed by atoms with Gasteiger partial charge < -0.3 is 19.9 Å². The summed E-state index contributed by atoms with van der Waals surface area (Å²) in [5.74, 6) is -1.45. The van der Waals surface area contributed by atoms with Gasteiger partial charge in [0.2, 0.25) is 0 Å². The Morgan fingerprint density at radius 2 is 2.00 bits per heavy atom. The first-order valence-electron chi connectivity index (χ1n) is 7.57. The number of halogens is 3. The minimum Gasteiger partial charge on any atom is -0.480 e. The van der Waals surface area contributed by atoms with Crippen molar-refractivity contribution in [1.82, 2.24) is 14.1 Å². The Balaban J connectivity index is 2.40. The summed E-state index contributed by atoms with van der Waals surface area (Å²) in [5.41, 5.74) is -4.23. The van der Waals surface area contributed by atoms with Crippen LogP contribution in [-0.4, -0.2) is 36.6 Å². The second-order valence-corrected chi connectivity index (χ2v) is 5.72. The Morgan fingerprint density at radius 3 is 2.61 bits per heavy atom. The molecule has 0 amide bonds. The summed E-state index contributed by atoms with van der Waals surface area (Å²) in [7, 11) is 0. The van der Waals surface area contributed by atoms with Gasteiger partial charge in [0.1, 0.15) is 6.54 Å². The number of H-pyrrole nitrogens is 1. The summed E-state index contributed by atoms with van der Waals surface area (Å²) in [6.45, 7) is -0.905. The average Bonchev–Trinajstić information content (AvgIpc) is 3.06. The van der Waals surface area contributed by atoms with Gasteiger partial charge in [-0.25, -0.2) is 0 Å². The number of carbonyl (C=O) groups is 1. The van der Waals surface area contributed by atoms with Gasteiger partial charge in [0, 0.05) is 18.0 Å². The van der Waals surface area contributed by atoms with Crippen molar-refractivity contribution in [3.05, 3.63) is 62.4 Å². The maximum Gasteiger partial charge on any atom is 0.418 e. The molecule has 3 N–H and O–H groups in total. The molecule has 0 radical (unpaired) electrons. The van der Waals surface area contributed by atoms with E-state index in [0.29, 0.717) is 16.2 Å². The molecule has 146 valence electrons. The number of benzene rings is 1. The van der Waals surface area contributed by atoms with Crippen molar-refractivity contribution in [3.8, 4) is 5.69 Å². The molecule has 2 heterocycles. The highest BCUT2D eigenvalue weighted by Gasteiger charge is 2.35. The van der Waals surface area contributed by atoms with E-state index in [1.807, 2.05) is 4.98 Å². The molecule has 12 heteroatoms. The van der Waals surface area contributed by atoms with Gasteiger partial charge >= 0.3 is 23.3 Å². The molecular weight excluding hydrogens is 385 g/mol. The topological polar surface area (TPSA) is 130 Å². The zero-order valence-electron chi connectivity index (χ0n) is 13.8. The van der Waals surface area contributed by atoms with Crippen LogP contribution in [0.5, 0.6) is 0 Å². The molecule has 1 aromatic carbocycles. The van der Waals surface area contributed by atoms with Gasteiger partial charge in [-0.2, -0.15) is 13.2 Å². The van der Waals surface area contributed by atoms with Gasteiger partial charge in [0.25, 0.3) is 0 Å². The minimum atomic E-state index is -4.82. The second-order valence-electron chi connectivity index (χ2n) is 5.72. The van der Waals surface area contributed by atoms with Crippen LogP contribution < -0.4 is 11.1 Å². The molecule has 0 aliphatic rings. The Bertz CT molecular complexity index is 1220. The first-order chi connectivity index (χ1) is 13.1. The Hall–Kier alpha value is -3.83. The maximum absolute atomic E-state index is 13.6. The molecule has 9 nitrogen and oxygen atoms in total. The molecule has 0 fully saturated rings. The SMILES string of the molecule is O=C(O)Cn1c(=O)c(=O)[nH]c2cc(C(F)(F)F)c(-n3ccc(C=NO)c3)cc21.